The zero-order valence-electron chi connectivity index (χ0n) is 16.2. The quantitative estimate of drug-likeness (QED) is 0.716. The summed E-state index contributed by atoms with van der Waals surface area (Å²) in [6, 6.07) is 18.0. The SMILES string of the molecule is Cn1c(=O)n(CC(=O)NCC(c2ccccc2)N2CCCC2)c2ccccc21. The maximum Gasteiger partial charge on any atom is 0.329 e. The largest absolute Gasteiger partial charge is 0.353 e. The molecule has 3 aromatic rings. The topological polar surface area (TPSA) is 59.3 Å². The number of para-hydroxylation sites is 2. The number of nitrogens with zero attached hydrogens (tertiary/aromatic N) is 3. The lowest BCUT2D eigenvalue weighted by atomic mass is 10.1. The van der Waals surface area contributed by atoms with Gasteiger partial charge < -0.3 is 5.32 Å². The van der Waals surface area contributed by atoms with Crippen molar-refractivity contribution in [1.82, 2.24) is 19.4 Å². The number of imidazole rings is 1. The average molecular weight is 378 g/mol. The van der Waals surface area contributed by atoms with Gasteiger partial charge in [-0.25, -0.2) is 4.79 Å². The van der Waals surface area contributed by atoms with Crippen molar-refractivity contribution in [3.8, 4) is 0 Å². The lowest BCUT2D eigenvalue weighted by Gasteiger charge is -2.28. The maximum atomic E-state index is 12.7. The van der Waals surface area contributed by atoms with E-state index in [1.54, 1.807) is 11.6 Å². The molecule has 28 heavy (non-hydrogen) atoms. The van der Waals surface area contributed by atoms with Gasteiger partial charge in [-0.15, -0.1) is 0 Å². The molecule has 6 nitrogen and oxygen atoms in total. The fraction of sp³-hybridized carbons (Fsp3) is 0.364. The van der Waals surface area contributed by atoms with Crippen LogP contribution in [0.25, 0.3) is 11.0 Å². The second-order valence-corrected chi connectivity index (χ2v) is 7.39. The minimum absolute atomic E-state index is 0.0295. The zero-order valence-corrected chi connectivity index (χ0v) is 16.2. The molecule has 2 heterocycles. The van der Waals surface area contributed by atoms with E-state index in [0.717, 1.165) is 24.1 Å². The number of nitrogens with one attached hydrogen (secondary N) is 1. The zero-order chi connectivity index (χ0) is 19.5. The van der Waals surface area contributed by atoms with Crippen LogP contribution in [0, 0.1) is 0 Å². The molecule has 0 bridgehead atoms. The number of aromatic nitrogens is 2. The highest BCUT2D eigenvalue weighted by Crippen LogP contribution is 2.24. The minimum Gasteiger partial charge on any atom is -0.353 e. The van der Waals surface area contributed by atoms with Crippen molar-refractivity contribution in [2.24, 2.45) is 7.05 Å². The molecule has 0 radical (unpaired) electrons. The Balaban J connectivity index is 1.49. The summed E-state index contributed by atoms with van der Waals surface area (Å²) in [4.78, 5) is 27.6. The van der Waals surface area contributed by atoms with Gasteiger partial charge in [0.1, 0.15) is 6.54 Å². The number of amides is 1. The summed E-state index contributed by atoms with van der Waals surface area (Å²) in [7, 11) is 1.73. The third-order valence-corrected chi connectivity index (χ3v) is 5.61. The Labute approximate surface area is 164 Å². The van der Waals surface area contributed by atoms with Crippen LogP contribution >= 0.6 is 0 Å². The molecule has 0 spiro atoms. The van der Waals surface area contributed by atoms with Crippen molar-refractivity contribution in [2.45, 2.75) is 25.4 Å². The standard InChI is InChI=1S/C22H26N4O2/c1-24-18-11-5-6-12-19(18)26(22(24)28)16-21(27)23-15-20(25-13-7-8-14-25)17-9-3-2-4-10-17/h2-6,9-12,20H,7-8,13-16H2,1H3,(H,23,27). The van der Waals surface area contributed by atoms with Crippen molar-refractivity contribution in [1.29, 1.82) is 0 Å². The Morgan fingerprint density at radius 1 is 1.00 bits per heavy atom. The third-order valence-electron chi connectivity index (χ3n) is 5.61. The van der Waals surface area contributed by atoms with Gasteiger partial charge in [-0.1, -0.05) is 42.5 Å². The number of aryl methyl sites for hydroxylation is 1. The molecule has 1 N–H and O–H groups in total. The van der Waals surface area contributed by atoms with Gasteiger partial charge in [0, 0.05) is 13.6 Å². The number of rotatable bonds is 6. The van der Waals surface area contributed by atoms with Crippen LogP contribution in [0.2, 0.25) is 0 Å². The Kier molecular flexibility index (Phi) is 5.30. The molecule has 1 fully saturated rings. The minimum atomic E-state index is -0.171. The Morgan fingerprint density at radius 2 is 1.64 bits per heavy atom. The molecule has 0 saturated carbocycles. The molecule has 2 aromatic carbocycles. The predicted molar refractivity (Wildman–Crippen MR) is 110 cm³/mol. The first kappa shape index (κ1) is 18.5. The van der Waals surface area contributed by atoms with Gasteiger partial charge in [0.25, 0.3) is 0 Å². The van der Waals surface area contributed by atoms with Crippen molar-refractivity contribution >= 4 is 16.9 Å². The molecule has 1 unspecified atom stereocenters. The molecule has 4 rings (SSSR count). The van der Waals surface area contributed by atoms with Gasteiger partial charge in [-0.3, -0.25) is 18.8 Å². The van der Waals surface area contributed by atoms with E-state index in [4.69, 9.17) is 0 Å². The van der Waals surface area contributed by atoms with Crippen LogP contribution in [-0.4, -0.2) is 39.6 Å². The Bertz CT molecular complexity index is 1020. The average Bonchev–Trinajstić information content (AvgIpc) is 3.33. The van der Waals surface area contributed by atoms with Crippen LogP contribution < -0.4 is 11.0 Å². The fourth-order valence-electron chi connectivity index (χ4n) is 4.11. The number of carbonyl (C=O) groups excluding carboxylic acids is 1. The van der Waals surface area contributed by atoms with Crippen LogP contribution in [0.15, 0.2) is 59.4 Å². The number of hydrogen-bond donors (Lipinski definition) is 1. The van der Waals surface area contributed by atoms with Gasteiger partial charge >= 0.3 is 5.69 Å². The first-order valence-electron chi connectivity index (χ1n) is 9.85. The van der Waals surface area contributed by atoms with Crippen LogP contribution in [0.1, 0.15) is 24.4 Å². The molecular weight excluding hydrogens is 352 g/mol. The number of hydrogen-bond acceptors (Lipinski definition) is 3. The van der Waals surface area contributed by atoms with Gasteiger partial charge in [0.05, 0.1) is 17.1 Å². The molecule has 6 heteroatoms. The van der Waals surface area contributed by atoms with Gasteiger partial charge in [-0.2, -0.15) is 0 Å². The van der Waals surface area contributed by atoms with Crippen LogP contribution in [0.3, 0.4) is 0 Å². The second kappa shape index (κ2) is 8.02. The molecular formula is C22H26N4O2. The van der Waals surface area contributed by atoms with Gasteiger partial charge in [0.2, 0.25) is 5.91 Å². The summed E-state index contributed by atoms with van der Waals surface area (Å²) >= 11 is 0. The predicted octanol–water partition coefficient (Wildman–Crippen LogP) is 2.29. The van der Waals surface area contributed by atoms with E-state index >= 15 is 0 Å². The highest BCUT2D eigenvalue weighted by molar-refractivity contribution is 5.80. The lowest BCUT2D eigenvalue weighted by Crippen LogP contribution is -2.39. The summed E-state index contributed by atoms with van der Waals surface area (Å²) in [5, 5.41) is 3.06. The van der Waals surface area contributed by atoms with E-state index in [1.165, 1.54) is 23.0 Å². The smallest absolute Gasteiger partial charge is 0.329 e. The molecule has 0 aliphatic carbocycles. The highest BCUT2D eigenvalue weighted by Gasteiger charge is 2.24. The maximum absolute atomic E-state index is 12.7. The van der Waals surface area contributed by atoms with Crippen LogP contribution in [0.4, 0.5) is 0 Å². The number of benzene rings is 2. The Hall–Kier alpha value is -2.86. The normalized spacial score (nSPS) is 15.8. The third kappa shape index (κ3) is 3.60. The first-order chi connectivity index (χ1) is 13.6. The van der Waals surface area contributed by atoms with Crippen LogP contribution in [-0.2, 0) is 18.4 Å². The van der Waals surface area contributed by atoms with Crippen LogP contribution in [0.5, 0.6) is 0 Å². The lowest BCUT2D eigenvalue weighted by molar-refractivity contribution is -0.121. The van der Waals surface area contributed by atoms with Crippen molar-refractivity contribution < 1.29 is 4.79 Å². The van der Waals surface area contributed by atoms with E-state index < -0.39 is 0 Å². The number of fused-ring (bicyclic) bond motifs is 1. The highest BCUT2D eigenvalue weighted by atomic mass is 16.2. The molecule has 146 valence electrons. The summed E-state index contributed by atoms with van der Waals surface area (Å²) in [6.07, 6.45) is 2.39. The van der Waals surface area contributed by atoms with Crippen molar-refractivity contribution in [3.63, 3.8) is 0 Å². The monoisotopic (exact) mass is 378 g/mol. The molecule has 1 saturated heterocycles. The number of likely N-dealkylation sites (tertiary alicyclic amines) is 1. The van der Waals surface area contributed by atoms with E-state index in [2.05, 4.69) is 22.3 Å². The first-order valence-corrected chi connectivity index (χ1v) is 9.85. The second-order valence-electron chi connectivity index (χ2n) is 7.39. The van der Waals surface area contributed by atoms with Gasteiger partial charge in [-0.05, 0) is 43.6 Å². The Morgan fingerprint density at radius 3 is 2.36 bits per heavy atom. The molecule has 1 amide bonds. The van der Waals surface area contributed by atoms with E-state index in [-0.39, 0.29) is 24.2 Å². The van der Waals surface area contributed by atoms with E-state index in [0.29, 0.717) is 6.54 Å². The molecule has 1 aromatic heterocycles. The molecule has 1 aliphatic rings. The van der Waals surface area contributed by atoms with E-state index in [1.807, 2.05) is 42.5 Å². The summed E-state index contributed by atoms with van der Waals surface area (Å²) in [5.74, 6) is -0.140. The van der Waals surface area contributed by atoms with E-state index in [9.17, 15) is 9.59 Å². The fourth-order valence-corrected chi connectivity index (χ4v) is 4.11. The molecule has 1 atom stereocenters. The summed E-state index contributed by atoms with van der Waals surface area (Å²) in [5.41, 5.74) is 2.66. The van der Waals surface area contributed by atoms with Crippen molar-refractivity contribution in [2.75, 3.05) is 19.6 Å². The van der Waals surface area contributed by atoms with Crippen molar-refractivity contribution in [3.05, 3.63) is 70.6 Å². The molecule has 1 aliphatic heterocycles. The van der Waals surface area contributed by atoms with Gasteiger partial charge in [0.15, 0.2) is 0 Å². The summed E-state index contributed by atoms with van der Waals surface area (Å²) in [6.45, 7) is 2.68. The number of carbonyl (C=O) groups is 1. The summed E-state index contributed by atoms with van der Waals surface area (Å²) < 4.78 is 3.12.